The molecule has 3 heterocycles. The lowest BCUT2D eigenvalue weighted by Gasteiger charge is -2.36. The van der Waals surface area contributed by atoms with E-state index in [0.29, 0.717) is 10.8 Å². The summed E-state index contributed by atoms with van der Waals surface area (Å²) in [6.45, 7) is 4.71. The molecule has 2 aliphatic heterocycles. The number of nitrogens with one attached hydrogen (secondary N) is 2. The van der Waals surface area contributed by atoms with Crippen molar-refractivity contribution in [3.05, 3.63) is 17.0 Å². The average Bonchev–Trinajstić information content (AvgIpc) is 3.04. The molecular formula is C14H19N3O2S. The molecule has 0 aliphatic carbocycles. The van der Waals surface area contributed by atoms with Gasteiger partial charge in [0.1, 0.15) is 0 Å². The first-order valence-electron chi connectivity index (χ1n) is 7.07. The van der Waals surface area contributed by atoms with E-state index in [4.69, 9.17) is 0 Å². The maximum absolute atomic E-state index is 12.1. The number of hydrogen-bond acceptors (Lipinski definition) is 4. The number of nitrogens with zero attached hydrogens (tertiary/aromatic N) is 1. The molecule has 2 fully saturated rings. The van der Waals surface area contributed by atoms with E-state index in [2.05, 4.69) is 17.6 Å². The van der Waals surface area contributed by atoms with Gasteiger partial charge in [-0.2, -0.15) is 0 Å². The summed E-state index contributed by atoms with van der Waals surface area (Å²) < 4.78 is 0. The van der Waals surface area contributed by atoms with Crippen molar-refractivity contribution in [2.24, 2.45) is 5.92 Å². The molecule has 1 atom stereocenters. The van der Waals surface area contributed by atoms with Crippen molar-refractivity contribution < 1.29 is 9.59 Å². The van der Waals surface area contributed by atoms with E-state index < -0.39 is 0 Å². The van der Waals surface area contributed by atoms with Gasteiger partial charge in [0.2, 0.25) is 5.91 Å². The number of amides is 2. The van der Waals surface area contributed by atoms with Crippen molar-refractivity contribution in [2.45, 2.75) is 25.8 Å². The molecule has 0 saturated carbocycles. The molecule has 2 aliphatic rings. The zero-order valence-corrected chi connectivity index (χ0v) is 12.3. The number of hydrogen-bond donors (Lipinski definition) is 2. The zero-order chi connectivity index (χ0) is 14.1. The SMILES string of the molecule is CC1CN(C(=O)c2ccc(NC(=O)C3CCCN3)s2)C1. The Morgan fingerprint density at radius 3 is 2.85 bits per heavy atom. The third-order valence-electron chi connectivity index (χ3n) is 3.79. The summed E-state index contributed by atoms with van der Waals surface area (Å²) in [6.07, 6.45) is 1.92. The van der Waals surface area contributed by atoms with Crippen LogP contribution in [0.2, 0.25) is 0 Å². The summed E-state index contributed by atoms with van der Waals surface area (Å²) in [5.41, 5.74) is 0. The number of rotatable bonds is 3. The van der Waals surface area contributed by atoms with Crippen molar-refractivity contribution in [1.29, 1.82) is 0 Å². The topological polar surface area (TPSA) is 61.4 Å². The highest BCUT2D eigenvalue weighted by Crippen LogP contribution is 2.26. The van der Waals surface area contributed by atoms with Crippen molar-refractivity contribution in [3.63, 3.8) is 0 Å². The quantitative estimate of drug-likeness (QED) is 0.888. The first kappa shape index (κ1) is 13.6. The van der Waals surface area contributed by atoms with E-state index in [1.165, 1.54) is 11.3 Å². The predicted molar refractivity (Wildman–Crippen MR) is 79.0 cm³/mol. The summed E-state index contributed by atoms with van der Waals surface area (Å²) in [6, 6.07) is 3.52. The molecule has 108 valence electrons. The lowest BCUT2D eigenvalue weighted by Crippen LogP contribution is -2.48. The van der Waals surface area contributed by atoms with Crippen molar-refractivity contribution in [2.75, 3.05) is 25.0 Å². The molecule has 0 aromatic carbocycles. The number of likely N-dealkylation sites (tertiary alicyclic amines) is 1. The number of thiophene rings is 1. The second-order valence-electron chi connectivity index (χ2n) is 5.62. The third-order valence-corrected chi connectivity index (χ3v) is 4.78. The summed E-state index contributed by atoms with van der Waals surface area (Å²) >= 11 is 1.36. The highest BCUT2D eigenvalue weighted by Gasteiger charge is 2.29. The van der Waals surface area contributed by atoms with Gasteiger partial charge in [0, 0.05) is 13.1 Å². The fourth-order valence-electron chi connectivity index (χ4n) is 2.66. The summed E-state index contributed by atoms with van der Waals surface area (Å²) in [7, 11) is 0. The van der Waals surface area contributed by atoms with E-state index in [1.54, 1.807) is 6.07 Å². The molecule has 2 amide bonds. The minimum Gasteiger partial charge on any atom is -0.337 e. The lowest BCUT2D eigenvalue weighted by atomic mass is 10.0. The monoisotopic (exact) mass is 293 g/mol. The average molecular weight is 293 g/mol. The van der Waals surface area contributed by atoms with E-state index in [0.717, 1.165) is 37.5 Å². The molecule has 1 unspecified atom stereocenters. The Kier molecular flexibility index (Phi) is 3.76. The number of carbonyl (C=O) groups excluding carboxylic acids is 2. The second kappa shape index (κ2) is 5.54. The Labute approximate surface area is 122 Å². The molecule has 0 spiro atoms. The van der Waals surface area contributed by atoms with E-state index in [-0.39, 0.29) is 17.9 Å². The van der Waals surface area contributed by atoms with Crippen LogP contribution in [0, 0.1) is 5.92 Å². The van der Waals surface area contributed by atoms with Gasteiger partial charge in [-0.05, 0) is 37.4 Å². The van der Waals surface area contributed by atoms with Gasteiger partial charge in [-0.3, -0.25) is 9.59 Å². The minimum atomic E-state index is -0.0903. The number of carbonyl (C=O) groups is 2. The van der Waals surface area contributed by atoms with Gasteiger partial charge in [0.25, 0.3) is 5.91 Å². The highest BCUT2D eigenvalue weighted by atomic mass is 32.1. The Morgan fingerprint density at radius 2 is 2.20 bits per heavy atom. The fourth-order valence-corrected chi connectivity index (χ4v) is 3.53. The standard InChI is InChI=1S/C14H19N3O2S/c1-9-7-17(8-9)14(19)11-4-5-12(20-11)16-13(18)10-3-2-6-15-10/h4-5,9-10,15H,2-3,6-8H2,1H3,(H,16,18). The van der Waals surface area contributed by atoms with E-state index in [1.807, 2.05) is 11.0 Å². The molecule has 2 N–H and O–H groups in total. The first-order valence-corrected chi connectivity index (χ1v) is 7.88. The van der Waals surface area contributed by atoms with Gasteiger partial charge in [0.15, 0.2) is 0 Å². The molecule has 0 radical (unpaired) electrons. The molecule has 1 aromatic heterocycles. The molecule has 5 nitrogen and oxygen atoms in total. The van der Waals surface area contributed by atoms with Crippen molar-refractivity contribution in [3.8, 4) is 0 Å². The van der Waals surface area contributed by atoms with E-state index in [9.17, 15) is 9.59 Å². The van der Waals surface area contributed by atoms with Gasteiger partial charge in [-0.1, -0.05) is 6.92 Å². The smallest absolute Gasteiger partial charge is 0.264 e. The van der Waals surface area contributed by atoms with Gasteiger partial charge in [0.05, 0.1) is 15.9 Å². The zero-order valence-electron chi connectivity index (χ0n) is 11.5. The second-order valence-corrected chi connectivity index (χ2v) is 6.70. The van der Waals surface area contributed by atoms with Gasteiger partial charge in [-0.15, -0.1) is 11.3 Å². The van der Waals surface area contributed by atoms with Crippen LogP contribution >= 0.6 is 11.3 Å². The summed E-state index contributed by atoms with van der Waals surface area (Å²) in [5, 5.41) is 6.80. The normalized spacial score (nSPS) is 22.6. The Balaban J connectivity index is 1.59. The molecule has 20 heavy (non-hydrogen) atoms. The molecule has 6 heteroatoms. The Hall–Kier alpha value is -1.40. The molecule has 0 bridgehead atoms. The molecular weight excluding hydrogens is 274 g/mol. The first-order chi connectivity index (χ1) is 9.63. The van der Waals surface area contributed by atoms with Crippen LogP contribution in [0.5, 0.6) is 0 Å². The van der Waals surface area contributed by atoms with E-state index >= 15 is 0 Å². The van der Waals surface area contributed by atoms with Crippen LogP contribution in [0.25, 0.3) is 0 Å². The van der Waals surface area contributed by atoms with Crippen LogP contribution in [0.1, 0.15) is 29.4 Å². The van der Waals surface area contributed by atoms with Gasteiger partial charge >= 0.3 is 0 Å². The van der Waals surface area contributed by atoms with Crippen LogP contribution in [-0.4, -0.2) is 42.4 Å². The summed E-state index contributed by atoms with van der Waals surface area (Å²) in [4.78, 5) is 26.7. The molecule has 2 saturated heterocycles. The van der Waals surface area contributed by atoms with Crippen LogP contribution in [0.4, 0.5) is 5.00 Å². The van der Waals surface area contributed by atoms with Gasteiger partial charge < -0.3 is 15.5 Å². The predicted octanol–water partition coefficient (Wildman–Crippen LogP) is 1.53. The van der Waals surface area contributed by atoms with Crippen LogP contribution in [0.15, 0.2) is 12.1 Å². The number of anilines is 1. The lowest BCUT2D eigenvalue weighted by molar-refractivity contribution is -0.117. The maximum atomic E-state index is 12.1. The fraction of sp³-hybridized carbons (Fsp3) is 0.571. The largest absolute Gasteiger partial charge is 0.337 e. The summed E-state index contributed by atoms with van der Waals surface area (Å²) in [5.74, 6) is 0.681. The van der Waals surface area contributed by atoms with Crippen molar-refractivity contribution in [1.82, 2.24) is 10.2 Å². The maximum Gasteiger partial charge on any atom is 0.264 e. The van der Waals surface area contributed by atoms with Crippen LogP contribution in [0.3, 0.4) is 0 Å². The Bertz CT molecular complexity index is 516. The van der Waals surface area contributed by atoms with Gasteiger partial charge in [-0.25, -0.2) is 0 Å². The molecule has 1 aromatic rings. The van der Waals surface area contributed by atoms with Crippen LogP contribution in [-0.2, 0) is 4.79 Å². The van der Waals surface area contributed by atoms with Crippen molar-refractivity contribution >= 4 is 28.2 Å². The highest BCUT2D eigenvalue weighted by molar-refractivity contribution is 7.18. The Morgan fingerprint density at radius 1 is 1.40 bits per heavy atom. The van der Waals surface area contributed by atoms with Crippen LogP contribution < -0.4 is 10.6 Å². The molecule has 3 rings (SSSR count). The minimum absolute atomic E-state index is 0.000853. The third kappa shape index (κ3) is 2.71.